The first-order valence-corrected chi connectivity index (χ1v) is 17.5. The molecule has 0 amide bonds. The van der Waals surface area contributed by atoms with E-state index in [4.69, 9.17) is 8.83 Å². The van der Waals surface area contributed by atoms with Crippen LogP contribution in [-0.4, -0.2) is 0 Å². The Kier molecular flexibility index (Phi) is 7.10. The summed E-state index contributed by atoms with van der Waals surface area (Å²) < 4.78 is 12.5. The molecule has 0 fully saturated rings. The largest absolute Gasteiger partial charge is 0.455 e. The minimum absolute atomic E-state index is 0.912. The summed E-state index contributed by atoms with van der Waals surface area (Å²) in [5.41, 5.74) is 14.6. The van der Waals surface area contributed by atoms with Gasteiger partial charge < -0.3 is 19.5 Å². The molecule has 0 saturated carbocycles. The molecule has 8 aromatic carbocycles. The van der Waals surface area contributed by atoms with Crippen molar-refractivity contribution in [1.29, 1.82) is 0 Å². The van der Waals surface area contributed by atoms with E-state index in [9.17, 15) is 0 Å². The molecule has 52 heavy (non-hydrogen) atoms. The molecule has 0 spiro atoms. The van der Waals surface area contributed by atoms with Gasteiger partial charge in [-0.25, -0.2) is 0 Å². The normalized spacial score (nSPS) is 11.5. The molecule has 10 aromatic rings. The third-order valence-electron chi connectivity index (χ3n) is 9.88. The lowest BCUT2D eigenvalue weighted by Crippen LogP contribution is -1.91. The molecule has 4 nitrogen and oxygen atoms in total. The van der Waals surface area contributed by atoms with Gasteiger partial charge in [0.1, 0.15) is 22.3 Å². The lowest BCUT2D eigenvalue weighted by Gasteiger charge is -2.11. The van der Waals surface area contributed by atoms with E-state index in [0.29, 0.717) is 0 Å². The van der Waals surface area contributed by atoms with E-state index in [1.807, 2.05) is 24.3 Å². The molecular formula is C48H32N2O2. The van der Waals surface area contributed by atoms with E-state index in [0.717, 1.165) is 100 Å². The van der Waals surface area contributed by atoms with Crippen LogP contribution in [0.25, 0.3) is 77.3 Å². The summed E-state index contributed by atoms with van der Waals surface area (Å²) in [6.45, 7) is 0. The lowest BCUT2D eigenvalue weighted by molar-refractivity contribution is 0.669. The smallest absolute Gasteiger partial charge is 0.143 e. The lowest BCUT2D eigenvalue weighted by atomic mass is 10.0. The highest BCUT2D eigenvalue weighted by atomic mass is 16.3. The number of furan rings is 2. The summed E-state index contributed by atoms with van der Waals surface area (Å²) in [5.74, 6) is 0. The molecule has 0 saturated heterocycles. The van der Waals surface area contributed by atoms with Gasteiger partial charge in [-0.2, -0.15) is 0 Å². The van der Waals surface area contributed by atoms with E-state index in [2.05, 4.69) is 168 Å². The van der Waals surface area contributed by atoms with Crippen LogP contribution in [0, 0.1) is 0 Å². The fourth-order valence-corrected chi connectivity index (χ4v) is 7.24. The Labute approximate surface area is 300 Å². The molecule has 0 bridgehead atoms. The number of benzene rings is 8. The third-order valence-corrected chi connectivity index (χ3v) is 9.88. The second kappa shape index (κ2) is 12.4. The van der Waals surface area contributed by atoms with Crippen LogP contribution < -0.4 is 10.6 Å². The maximum Gasteiger partial charge on any atom is 0.143 e. The highest BCUT2D eigenvalue weighted by molar-refractivity contribution is 6.10. The van der Waals surface area contributed by atoms with Crippen LogP contribution in [0.2, 0.25) is 0 Å². The van der Waals surface area contributed by atoms with Crippen LogP contribution in [0.15, 0.2) is 191 Å². The van der Waals surface area contributed by atoms with Crippen LogP contribution in [0.5, 0.6) is 0 Å². The fourth-order valence-electron chi connectivity index (χ4n) is 7.24. The van der Waals surface area contributed by atoms with Gasteiger partial charge in [0, 0.05) is 55.4 Å². The summed E-state index contributed by atoms with van der Waals surface area (Å²) in [7, 11) is 0. The molecular weight excluding hydrogens is 637 g/mol. The van der Waals surface area contributed by atoms with Gasteiger partial charge in [0.2, 0.25) is 0 Å². The predicted molar refractivity (Wildman–Crippen MR) is 217 cm³/mol. The summed E-state index contributed by atoms with van der Waals surface area (Å²) in [6.07, 6.45) is 0. The molecule has 246 valence electrons. The maximum atomic E-state index is 6.26. The van der Waals surface area contributed by atoms with E-state index in [-0.39, 0.29) is 0 Å². The van der Waals surface area contributed by atoms with Gasteiger partial charge in [-0.3, -0.25) is 0 Å². The Hall–Kier alpha value is -7.04. The quantitative estimate of drug-likeness (QED) is 0.177. The zero-order valence-corrected chi connectivity index (χ0v) is 28.1. The van der Waals surface area contributed by atoms with Crippen LogP contribution in [-0.2, 0) is 0 Å². The molecule has 10 rings (SSSR count). The number of anilines is 4. The SMILES string of the molecule is c1ccc2c(c1)oc1c(-c3ccc(Nc4ccc(-c5ccc(Nc6ccc(-c7cccc8c7oc7ccccc78)cc6)cc5)cc4)cc3)cccc12. The zero-order chi connectivity index (χ0) is 34.4. The molecule has 0 atom stereocenters. The molecule has 0 aliphatic carbocycles. The van der Waals surface area contributed by atoms with Gasteiger partial charge in [0.05, 0.1) is 0 Å². The van der Waals surface area contributed by atoms with Gasteiger partial charge in [-0.05, 0) is 82.9 Å². The van der Waals surface area contributed by atoms with Crippen molar-refractivity contribution in [2.24, 2.45) is 0 Å². The maximum absolute atomic E-state index is 6.26. The minimum Gasteiger partial charge on any atom is -0.455 e. The summed E-state index contributed by atoms with van der Waals surface area (Å²) in [6, 6.07) is 63.3. The highest BCUT2D eigenvalue weighted by Crippen LogP contribution is 2.38. The van der Waals surface area contributed by atoms with E-state index >= 15 is 0 Å². The monoisotopic (exact) mass is 668 g/mol. The number of rotatable bonds is 7. The second-order valence-corrected chi connectivity index (χ2v) is 13.1. The van der Waals surface area contributed by atoms with Gasteiger partial charge in [0.25, 0.3) is 0 Å². The number of hydrogen-bond acceptors (Lipinski definition) is 4. The van der Waals surface area contributed by atoms with Crippen LogP contribution in [0.3, 0.4) is 0 Å². The Balaban J connectivity index is 0.804. The Morgan fingerprint density at radius 2 is 0.596 bits per heavy atom. The number of nitrogens with one attached hydrogen (secondary N) is 2. The average molecular weight is 669 g/mol. The third kappa shape index (κ3) is 5.34. The summed E-state index contributed by atoms with van der Waals surface area (Å²) in [5, 5.41) is 11.7. The van der Waals surface area contributed by atoms with E-state index < -0.39 is 0 Å². The van der Waals surface area contributed by atoms with Crippen molar-refractivity contribution in [3.63, 3.8) is 0 Å². The van der Waals surface area contributed by atoms with E-state index in [1.54, 1.807) is 0 Å². The average Bonchev–Trinajstić information content (AvgIpc) is 3.78. The highest BCUT2D eigenvalue weighted by Gasteiger charge is 2.13. The zero-order valence-electron chi connectivity index (χ0n) is 28.1. The van der Waals surface area contributed by atoms with Crippen molar-refractivity contribution in [1.82, 2.24) is 0 Å². The van der Waals surface area contributed by atoms with Crippen LogP contribution in [0.1, 0.15) is 0 Å². The van der Waals surface area contributed by atoms with Gasteiger partial charge >= 0.3 is 0 Å². The molecule has 4 heteroatoms. The Morgan fingerprint density at radius 1 is 0.269 bits per heavy atom. The van der Waals surface area contributed by atoms with Gasteiger partial charge in [0.15, 0.2) is 0 Å². The first-order chi connectivity index (χ1) is 25.7. The fraction of sp³-hybridized carbons (Fsp3) is 0. The van der Waals surface area contributed by atoms with Crippen molar-refractivity contribution in [2.75, 3.05) is 10.6 Å². The molecule has 0 aliphatic heterocycles. The number of hydrogen-bond donors (Lipinski definition) is 2. The first-order valence-electron chi connectivity index (χ1n) is 17.5. The molecule has 2 aromatic heterocycles. The predicted octanol–water partition coefficient (Wildman–Crippen LogP) is 14.0. The van der Waals surface area contributed by atoms with Gasteiger partial charge in [-0.1, -0.05) is 121 Å². The molecule has 2 heterocycles. The molecule has 0 aliphatic rings. The van der Waals surface area contributed by atoms with Crippen molar-refractivity contribution >= 4 is 66.6 Å². The Bertz CT molecular complexity index is 2660. The van der Waals surface area contributed by atoms with Crippen molar-refractivity contribution in [2.45, 2.75) is 0 Å². The number of para-hydroxylation sites is 4. The van der Waals surface area contributed by atoms with E-state index in [1.165, 1.54) is 0 Å². The van der Waals surface area contributed by atoms with Crippen molar-refractivity contribution < 1.29 is 8.83 Å². The number of fused-ring (bicyclic) bond motifs is 6. The molecule has 0 radical (unpaired) electrons. The standard InChI is InChI=1S/C48H32N2O2/c1-3-13-45-41(7-1)43-11-5-9-39(47(43)51-45)33-19-27-37(28-20-33)49-35-23-15-31(16-24-35)32-17-25-36(26-18-32)50-38-29-21-34(22-30-38)40-10-6-12-44-42-8-2-4-14-46(42)52-48(40)44/h1-30,49-50H. The second-order valence-electron chi connectivity index (χ2n) is 13.1. The molecule has 2 N–H and O–H groups in total. The Morgan fingerprint density at radius 3 is 0.981 bits per heavy atom. The minimum atomic E-state index is 0.912. The van der Waals surface area contributed by atoms with Crippen LogP contribution >= 0.6 is 0 Å². The summed E-state index contributed by atoms with van der Waals surface area (Å²) in [4.78, 5) is 0. The molecule has 0 unspecified atom stereocenters. The van der Waals surface area contributed by atoms with Crippen LogP contribution in [0.4, 0.5) is 22.7 Å². The topological polar surface area (TPSA) is 50.3 Å². The summed E-state index contributed by atoms with van der Waals surface area (Å²) >= 11 is 0. The first kappa shape index (κ1) is 29.8. The van der Waals surface area contributed by atoms with Crippen molar-refractivity contribution in [3.8, 4) is 33.4 Å². The van der Waals surface area contributed by atoms with Crippen molar-refractivity contribution in [3.05, 3.63) is 182 Å². The van der Waals surface area contributed by atoms with Gasteiger partial charge in [-0.15, -0.1) is 0 Å².